The molecule has 2 aromatic rings. The highest BCUT2D eigenvalue weighted by Crippen LogP contribution is 2.31. The molecule has 1 aliphatic carbocycles. The molecule has 2 aliphatic rings. The van der Waals surface area contributed by atoms with Gasteiger partial charge in [-0.1, -0.05) is 13.0 Å². The van der Waals surface area contributed by atoms with Crippen molar-refractivity contribution in [2.24, 2.45) is 5.92 Å². The maximum Gasteiger partial charge on any atom is 0.330 e. The van der Waals surface area contributed by atoms with E-state index >= 15 is 0 Å². The molecule has 1 aliphatic heterocycles. The molecule has 9 nitrogen and oxygen atoms in total. The summed E-state index contributed by atoms with van der Waals surface area (Å²) in [4.78, 5) is 32.4. The summed E-state index contributed by atoms with van der Waals surface area (Å²) in [5, 5.41) is 2.16. The van der Waals surface area contributed by atoms with E-state index in [1.54, 1.807) is 19.1 Å². The monoisotopic (exact) mass is 476 g/mol. The van der Waals surface area contributed by atoms with Crippen LogP contribution in [0.1, 0.15) is 36.9 Å². The Balaban J connectivity index is 1.36. The highest BCUT2D eigenvalue weighted by atomic mass is 32.2. The average molecular weight is 477 g/mol. The van der Waals surface area contributed by atoms with Gasteiger partial charge in [-0.2, -0.15) is 0 Å². The maximum absolute atomic E-state index is 14.0. The van der Waals surface area contributed by atoms with Crippen molar-refractivity contribution in [1.82, 2.24) is 15.3 Å². The minimum Gasteiger partial charge on any atom is -0.490 e. The number of amides is 3. The molecule has 0 spiro atoms. The van der Waals surface area contributed by atoms with Gasteiger partial charge in [-0.15, -0.1) is 0 Å². The fraction of sp³-hybridized carbons (Fsp3) is 0.455. The molecular weight excluding hydrogens is 451 g/mol. The van der Waals surface area contributed by atoms with Crippen molar-refractivity contribution < 1.29 is 27.1 Å². The van der Waals surface area contributed by atoms with Crippen LogP contribution in [-0.4, -0.2) is 55.0 Å². The molecule has 1 atom stereocenters. The Bertz CT molecular complexity index is 1170. The molecule has 1 aromatic heterocycles. The zero-order chi connectivity index (χ0) is 23.6. The predicted octanol–water partition coefficient (Wildman–Crippen LogP) is 2.22. The first-order valence-electron chi connectivity index (χ1n) is 10.7. The minimum atomic E-state index is -3.46. The first-order chi connectivity index (χ1) is 15.7. The number of hydrogen-bond acceptors (Lipinski definition) is 7. The quantitative estimate of drug-likeness (QED) is 0.522. The number of nitrogens with zero attached hydrogens (tertiary/aromatic N) is 3. The third-order valence-electron chi connectivity index (χ3n) is 5.65. The number of rotatable bonds is 10. The fourth-order valence-corrected chi connectivity index (χ4v) is 5.19. The molecule has 176 valence electrons. The van der Waals surface area contributed by atoms with Crippen LogP contribution in [0.15, 0.2) is 30.6 Å². The number of urea groups is 1. The number of benzene rings is 1. The van der Waals surface area contributed by atoms with Gasteiger partial charge in [0.2, 0.25) is 5.91 Å². The van der Waals surface area contributed by atoms with E-state index in [4.69, 9.17) is 4.74 Å². The lowest BCUT2D eigenvalue weighted by Crippen LogP contribution is -2.28. The Hall–Kier alpha value is -3.08. The highest BCUT2D eigenvalue weighted by molar-refractivity contribution is 7.91. The largest absolute Gasteiger partial charge is 0.490 e. The normalized spacial score (nSPS) is 17.2. The van der Waals surface area contributed by atoms with Crippen molar-refractivity contribution in [2.75, 3.05) is 29.6 Å². The summed E-state index contributed by atoms with van der Waals surface area (Å²) in [6.45, 7) is 2.11. The van der Waals surface area contributed by atoms with Crippen molar-refractivity contribution in [3.8, 4) is 5.75 Å². The van der Waals surface area contributed by atoms with E-state index in [9.17, 15) is 22.4 Å². The molecule has 0 bridgehead atoms. The third-order valence-corrected chi connectivity index (χ3v) is 7.48. The van der Waals surface area contributed by atoms with Crippen molar-refractivity contribution in [3.63, 3.8) is 0 Å². The van der Waals surface area contributed by atoms with Gasteiger partial charge in [-0.25, -0.2) is 27.6 Å². The molecule has 1 N–H and O–H groups in total. The summed E-state index contributed by atoms with van der Waals surface area (Å²) in [6.07, 6.45) is 3.55. The summed E-state index contributed by atoms with van der Waals surface area (Å²) >= 11 is 0. The summed E-state index contributed by atoms with van der Waals surface area (Å²) in [5.41, 5.74) is 1.14. The minimum absolute atomic E-state index is 0.109. The molecule has 1 saturated heterocycles. The number of carbonyl (C=O) groups excluding carboxylic acids is 2. The Kier molecular flexibility index (Phi) is 6.59. The number of carbonyl (C=O) groups is 2. The van der Waals surface area contributed by atoms with Gasteiger partial charge in [-0.05, 0) is 42.4 Å². The Morgan fingerprint density at radius 1 is 1.24 bits per heavy atom. The van der Waals surface area contributed by atoms with E-state index in [0.29, 0.717) is 23.8 Å². The van der Waals surface area contributed by atoms with Gasteiger partial charge in [0.25, 0.3) is 0 Å². The standard InChI is InChI=1S/C22H25FN4O5S/c1-14(16-4-5-18(23)19(8-16)32-11-15-2-3-15)12-33(30,31)7-6-17-9-20(25-13-24-17)27-10-21(28)26-22(27)29/h4-5,8-9,13-15H,2-3,6-7,10-12H2,1H3,(H,26,28,29)/t14-/m0/s1. The highest BCUT2D eigenvalue weighted by Gasteiger charge is 2.29. The summed E-state index contributed by atoms with van der Waals surface area (Å²) in [5.74, 6) is -0.623. The van der Waals surface area contributed by atoms with Crippen LogP contribution in [0.4, 0.5) is 15.0 Å². The molecule has 33 heavy (non-hydrogen) atoms. The van der Waals surface area contributed by atoms with Gasteiger partial charge in [0.15, 0.2) is 21.4 Å². The number of imide groups is 1. The molecular formula is C22H25FN4O5S. The number of ether oxygens (including phenoxy) is 1. The van der Waals surface area contributed by atoms with Crippen LogP contribution in [-0.2, 0) is 21.1 Å². The number of nitrogens with one attached hydrogen (secondary N) is 1. The smallest absolute Gasteiger partial charge is 0.330 e. The average Bonchev–Trinajstić information content (AvgIpc) is 3.53. The van der Waals surface area contributed by atoms with Crippen LogP contribution >= 0.6 is 0 Å². The third kappa shape index (κ3) is 6.04. The SMILES string of the molecule is C[C@@H](CS(=O)(=O)CCc1cc(N2CC(=O)NC2=O)ncn1)c1ccc(F)c(OCC2CC2)c1. The van der Waals surface area contributed by atoms with Gasteiger partial charge >= 0.3 is 6.03 Å². The maximum atomic E-state index is 14.0. The molecule has 3 amide bonds. The fourth-order valence-electron chi connectivity index (χ4n) is 3.55. The second-order valence-electron chi connectivity index (χ2n) is 8.52. The predicted molar refractivity (Wildman–Crippen MR) is 118 cm³/mol. The number of aryl methyl sites for hydroxylation is 1. The zero-order valence-electron chi connectivity index (χ0n) is 18.2. The lowest BCUT2D eigenvalue weighted by atomic mass is 10.0. The number of halogens is 1. The van der Waals surface area contributed by atoms with Crippen LogP contribution in [0.2, 0.25) is 0 Å². The van der Waals surface area contributed by atoms with E-state index in [2.05, 4.69) is 15.3 Å². The van der Waals surface area contributed by atoms with E-state index < -0.39 is 27.6 Å². The Morgan fingerprint density at radius 3 is 2.73 bits per heavy atom. The zero-order valence-corrected chi connectivity index (χ0v) is 19.0. The van der Waals surface area contributed by atoms with Crippen molar-refractivity contribution in [2.45, 2.75) is 32.1 Å². The van der Waals surface area contributed by atoms with E-state index in [-0.39, 0.29) is 42.0 Å². The molecule has 4 rings (SSSR count). The van der Waals surface area contributed by atoms with Crippen LogP contribution < -0.4 is 15.0 Å². The number of sulfone groups is 1. The molecule has 0 radical (unpaired) electrons. The number of hydrogen-bond donors (Lipinski definition) is 1. The van der Waals surface area contributed by atoms with E-state index in [1.165, 1.54) is 23.4 Å². The second kappa shape index (κ2) is 9.42. The lowest BCUT2D eigenvalue weighted by Gasteiger charge is -2.15. The summed E-state index contributed by atoms with van der Waals surface area (Å²) < 4.78 is 45.1. The van der Waals surface area contributed by atoms with Crippen LogP contribution in [0.25, 0.3) is 0 Å². The van der Waals surface area contributed by atoms with Gasteiger partial charge in [0, 0.05) is 18.2 Å². The summed E-state index contributed by atoms with van der Waals surface area (Å²) in [6, 6.07) is 5.39. The van der Waals surface area contributed by atoms with Gasteiger partial charge < -0.3 is 4.74 Å². The van der Waals surface area contributed by atoms with Crippen LogP contribution in [0.5, 0.6) is 5.75 Å². The second-order valence-corrected chi connectivity index (χ2v) is 10.7. The number of aromatic nitrogens is 2. The van der Waals surface area contributed by atoms with Gasteiger partial charge in [0.1, 0.15) is 18.7 Å². The molecule has 0 unspecified atom stereocenters. The Morgan fingerprint density at radius 2 is 2.03 bits per heavy atom. The lowest BCUT2D eigenvalue weighted by molar-refractivity contribution is -0.117. The first kappa shape index (κ1) is 23.1. The summed E-state index contributed by atoms with van der Waals surface area (Å²) in [7, 11) is -3.46. The van der Waals surface area contributed by atoms with Gasteiger partial charge in [0.05, 0.1) is 18.1 Å². The molecule has 1 aromatic carbocycles. The van der Waals surface area contributed by atoms with Crippen LogP contribution in [0, 0.1) is 11.7 Å². The van der Waals surface area contributed by atoms with E-state index in [1.807, 2.05) is 0 Å². The molecule has 2 heterocycles. The van der Waals surface area contributed by atoms with Gasteiger partial charge in [-0.3, -0.25) is 15.0 Å². The molecule has 11 heteroatoms. The van der Waals surface area contributed by atoms with Crippen molar-refractivity contribution in [1.29, 1.82) is 0 Å². The topological polar surface area (TPSA) is 119 Å². The first-order valence-corrected chi connectivity index (χ1v) is 12.6. The molecule has 2 fully saturated rings. The Labute approximate surface area is 191 Å². The van der Waals surface area contributed by atoms with Crippen molar-refractivity contribution in [3.05, 3.63) is 47.7 Å². The number of anilines is 1. The molecule has 1 saturated carbocycles. The van der Waals surface area contributed by atoms with Crippen molar-refractivity contribution >= 4 is 27.6 Å². The van der Waals surface area contributed by atoms with E-state index in [0.717, 1.165) is 12.8 Å². The van der Waals surface area contributed by atoms with Crippen LogP contribution in [0.3, 0.4) is 0 Å².